The molecule has 0 aromatic heterocycles. The number of hydrogen-bond donors (Lipinski definition) is 1. The molecule has 1 saturated heterocycles. The smallest absolute Gasteiger partial charge is 0.239 e. The van der Waals surface area contributed by atoms with Gasteiger partial charge in [0, 0.05) is 18.2 Å². The average molecular weight is 278 g/mol. The molecule has 20 heavy (non-hydrogen) atoms. The Morgan fingerprint density at radius 1 is 1.40 bits per heavy atom. The first-order valence-corrected chi connectivity index (χ1v) is 6.86. The highest BCUT2D eigenvalue weighted by Gasteiger charge is 2.33. The van der Waals surface area contributed by atoms with Crippen LogP contribution in [0.4, 0.5) is 0 Å². The molecule has 1 aliphatic rings. The van der Waals surface area contributed by atoms with Crippen molar-refractivity contribution in [2.24, 2.45) is 5.73 Å². The van der Waals surface area contributed by atoms with Crippen LogP contribution < -0.4 is 15.2 Å². The summed E-state index contributed by atoms with van der Waals surface area (Å²) in [4.78, 5) is 14.0. The maximum Gasteiger partial charge on any atom is 0.239 e. The van der Waals surface area contributed by atoms with E-state index in [0.29, 0.717) is 0 Å². The van der Waals surface area contributed by atoms with Crippen molar-refractivity contribution in [1.82, 2.24) is 4.90 Å². The summed E-state index contributed by atoms with van der Waals surface area (Å²) in [5.74, 6) is 1.48. The number of benzene rings is 1. The Balaban J connectivity index is 2.32. The second-order valence-corrected chi connectivity index (χ2v) is 5.09. The number of likely N-dealkylation sites (tertiary alicyclic amines) is 1. The maximum atomic E-state index is 12.2. The van der Waals surface area contributed by atoms with Gasteiger partial charge in [0.05, 0.1) is 26.3 Å². The zero-order valence-electron chi connectivity index (χ0n) is 12.3. The minimum Gasteiger partial charge on any atom is -0.497 e. The van der Waals surface area contributed by atoms with E-state index in [-0.39, 0.29) is 11.9 Å². The molecule has 1 aliphatic heterocycles. The fraction of sp³-hybridized carbons (Fsp3) is 0.533. The van der Waals surface area contributed by atoms with Crippen molar-refractivity contribution >= 4 is 5.91 Å². The molecular weight excluding hydrogens is 256 g/mol. The highest BCUT2D eigenvalue weighted by Crippen LogP contribution is 2.38. The van der Waals surface area contributed by atoms with Crippen LogP contribution in [0.25, 0.3) is 0 Å². The van der Waals surface area contributed by atoms with Gasteiger partial charge in [-0.3, -0.25) is 4.79 Å². The van der Waals surface area contributed by atoms with Crippen molar-refractivity contribution in [3.63, 3.8) is 0 Å². The molecule has 1 unspecified atom stereocenters. The van der Waals surface area contributed by atoms with Gasteiger partial charge in [0.1, 0.15) is 11.5 Å². The normalized spacial score (nSPS) is 19.8. The van der Waals surface area contributed by atoms with Gasteiger partial charge in [-0.15, -0.1) is 0 Å². The summed E-state index contributed by atoms with van der Waals surface area (Å²) >= 11 is 0. The Bertz CT molecular complexity index is 488. The molecule has 110 valence electrons. The zero-order valence-corrected chi connectivity index (χ0v) is 12.3. The molecule has 1 heterocycles. The molecule has 2 atom stereocenters. The van der Waals surface area contributed by atoms with Gasteiger partial charge in [0.2, 0.25) is 5.91 Å². The van der Waals surface area contributed by atoms with Crippen molar-refractivity contribution in [2.75, 3.05) is 20.8 Å². The number of hydrogen-bond acceptors (Lipinski definition) is 4. The van der Waals surface area contributed by atoms with Gasteiger partial charge >= 0.3 is 0 Å². The molecule has 0 spiro atoms. The summed E-state index contributed by atoms with van der Waals surface area (Å²) in [6, 6.07) is 5.27. The third-order valence-corrected chi connectivity index (χ3v) is 3.73. The standard InChI is InChI=1S/C15H22N2O3/c1-10(16)15(18)17-8-4-5-13(17)12-7-6-11(19-2)9-14(12)20-3/h6-7,9-10,13H,4-5,8,16H2,1-3H3/t10-,13?/m1/s1. The van der Waals surface area contributed by atoms with Gasteiger partial charge in [0.25, 0.3) is 0 Å². The number of methoxy groups -OCH3 is 2. The van der Waals surface area contributed by atoms with Crippen molar-refractivity contribution in [3.8, 4) is 11.5 Å². The summed E-state index contributed by atoms with van der Waals surface area (Å²) in [6.07, 6.45) is 1.92. The first-order chi connectivity index (χ1) is 9.58. The van der Waals surface area contributed by atoms with Crippen LogP contribution in [-0.4, -0.2) is 37.6 Å². The number of ether oxygens (including phenoxy) is 2. The van der Waals surface area contributed by atoms with E-state index in [9.17, 15) is 4.79 Å². The van der Waals surface area contributed by atoms with Crippen LogP contribution in [0.5, 0.6) is 11.5 Å². The van der Waals surface area contributed by atoms with Crippen molar-refractivity contribution in [1.29, 1.82) is 0 Å². The third kappa shape index (κ3) is 2.72. The summed E-state index contributed by atoms with van der Waals surface area (Å²) in [6.45, 7) is 2.48. The molecule has 0 aliphatic carbocycles. The van der Waals surface area contributed by atoms with E-state index >= 15 is 0 Å². The molecule has 1 aromatic carbocycles. The van der Waals surface area contributed by atoms with Crippen LogP contribution in [0.2, 0.25) is 0 Å². The van der Waals surface area contributed by atoms with Crippen molar-refractivity contribution < 1.29 is 14.3 Å². The number of rotatable bonds is 4. The lowest BCUT2D eigenvalue weighted by Crippen LogP contribution is -2.41. The highest BCUT2D eigenvalue weighted by atomic mass is 16.5. The monoisotopic (exact) mass is 278 g/mol. The number of nitrogens with zero attached hydrogens (tertiary/aromatic N) is 1. The Morgan fingerprint density at radius 3 is 2.75 bits per heavy atom. The second kappa shape index (κ2) is 6.13. The highest BCUT2D eigenvalue weighted by molar-refractivity contribution is 5.82. The van der Waals surface area contributed by atoms with Crippen LogP contribution in [-0.2, 0) is 4.79 Å². The molecule has 1 aromatic rings. The van der Waals surface area contributed by atoms with E-state index in [0.717, 1.165) is 36.4 Å². The van der Waals surface area contributed by atoms with E-state index in [4.69, 9.17) is 15.2 Å². The van der Waals surface area contributed by atoms with Gasteiger partial charge in [-0.2, -0.15) is 0 Å². The fourth-order valence-electron chi connectivity index (χ4n) is 2.71. The van der Waals surface area contributed by atoms with E-state index < -0.39 is 6.04 Å². The Hall–Kier alpha value is -1.75. The lowest BCUT2D eigenvalue weighted by atomic mass is 10.0. The largest absolute Gasteiger partial charge is 0.497 e. The topological polar surface area (TPSA) is 64.8 Å². The summed E-state index contributed by atoms with van der Waals surface area (Å²) < 4.78 is 10.6. The Kier molecular flexibility index (Phi) is 4.49. The lowest BCUT2D eigenvalue weighted by molar-refractivity contribution is -0.133. The number of amides is 1. The minimum absolute atomic E-state index is 0.00892. The summed E-state index contributed by atoms with van der Waals surface area (Å²) in [7, 11) is 3.25. The van der Waals surface area contributed by atoms with E-state index in [1.807, 2.05) is 23.1 Å². The predicted molar refractivity (Wildman–Crippen MR) is 76.9 cm³/mol. The number of carbonyl (C=O) groups is 1. The molecular formula is C15H22N2O3. The van der Waals surface area contributed by atoms with Crippen molar-refractivity contribution in [2.45, 2.75) is 31.8 Å². The molecule has 2 N–H and O–H groups in total. The average Bonchev–Trinajstić information content (AvgIpc) is 2.94. The van der Waals surface area contributed by atoms with Crippen LogP contribution in [0, 0.1) is 0 Å². The first-order valence-electron chi connectivity index (χ1n) is 6.86. The van der Waals surface area contributed by atoms with Crippen LogP contribution in [0.1, 0.15) is 31.4 Å². The second-order valence-electron chi connectivity index (χ2n) is 5.09. The van der Waals surface area contributed by atoms with Gasteiger partial charge in [-0.05, 0) is 31.9 Å². The SMILES string of the molecule is COc1ccc(C2CCCN2C(=O)[C@@H](C)N)c(OC)c1. The maximum absolute atomic E-state index is 12.2. The van der Waals surface area contributed by atoms with Crippen LogP contribution in [0.15, 0.2) is 18.2 Å². The van der Waals surface area contributed by atoms with Gasteiger partial charge in [-0.25, -0.2) is 0 Å². The third-order valence-electron chi connectivity index (χ3n) is 3.73. The summed E-state index contributed by atoms with van der Waals surface area (Å²) in [5, 5.41) is 0. The number of nitrogens with two attached hydrogens (primary N) is 1. The van der Waals surface area contributed by atoms with Crippen LogP contribution >= 0.6 is 0 Å². The molecule has 5 nitrogen and oxygen atoms in total. The molecule has 1 fully saturated rings. The fourth-order valence-corrected chi connectivity index (χ4v) is 2.71. The molecule has 2 rings (SSSR count). The minimum atomic E-state index is -0.472. The molecule has 0 radical (unpaired) electrons. The molecule has 0 saturated carbocycles. The van der Waals surface area contributed by atoms with Gasteiger partial charge in [0.15, 0.2) is 0 Å². The Morgan fingerprint density at radius 2 is 2.15 bits per heavy atom. The molecule has 0 bridgehead atoms. The molecule has 1 amide bonds. The van der Waals surface area contributed by atoms with E-state index in [1.54, 1.807) is 21.1 Å². The van der Waals surface area contributed by atoms with Crippen LogP contribution in [0.3, 0.4) is 0 Å². The predicted octanol–water partition coefficient (Wildman–Crippen LogP) is 1.71. The first kappa shape index (κ1) is 14.7. The number of carbonyl (C=O) groups excluding carboxylic acids is 1. The van der Waals surface area contributed by atoms with Gasteiger partial charge in [-0.1, -0.05) is 0 Å². The van der Waals surface area contributed by atoms with Crippen molar-refractivity contribution in [3.05, 3.63) is 23.8 Å². The Labute approximate surface area is 119 Å². The zero-order chi connectivity index (χ0) is 14.7. The molecule has 5 heteroatoms. The van der Waals surface area contributed by atoms with E-state index in [2.05, 4.69) is 0 Å². The van der Waals surface area contributed by atoms with E-state index in [1.165, 1.54) is 0 Å². The van der Waals surface area contributed by atoms with Gasteiger partial charge < -0.3 is 20.1 Å². The summed E-state index contributed by atoms with van der Waals surface area (Å²) in [5.41, 5.74) is 6.74. The quantitative estimate of drug-likeness (QED) is 0.910. The lowest BCUT2D eigenvalue weighted by Gasteiger charge is -2.27.